The molecular formula is C15H12N2O. The van der Waals surface area contributed by atoms with E-state index in [2.05, 4.69) is 4.99 Å². The quantitative estimate of drug-likeness (QED) is 0.554. The molecule has 0 spiro atoms. The minimum atomic E-state index is 0.276. The molecule has 88 valence electrons. The number of rotatable bonds is 1. The molecule has 2 aromatic rings. The van der Waals surface area contributed by atoms with Crippen LogP contribution in [0.4, 0.5) is 5.69 Å². The predicted octanol–water partition coefficient (Wildman–Crippen LogP) is 2.75. The van der Waals surface area contributed by atoms with Gasteiger partial charge >= 0.3 is 0 Å². The van der Waals surface area contributed by atoms with Crippen molar-refractivity contribution in [3.8, 4) is 0 Å². The molecule has 0 atom stereocenters. The van der Waals surface area contributed by atoms with E-state index in [0.717, 1.165) is 27.3 Å². The number of hydrogen-bond donors (Lipinski definition) is 0. The van der Waals surface area contributed by atoms with Gasteiger partial charge in [-0.15, -0.1) is 0 Å². The van der Waals surface area contributed by atoms with Crippen molar-refractivity contribution >= 4 is 17.6 Å². The van der Waals surface area contributed by atoms with Crippen LogP contribution < -0.4 is 0 Å². The summed E-state index contributed by atoms with van der Waals surface area (Å²) < 4.78 is 0.928. The van der Waals surface area contributed by atoms with Crippen molar-refractivity contribution in [1.82, 2.24) is 0 Å². The van der Waals surface area contributed by atoms with Crippen LogP contribution in [0.15, 0.2) is 59.6 Å². The number of benzene rings is 2. The first-order valence-electron chi connectivity index (χ1n) is 5.83. The van der Waals surface area contributed by atoms with Crippen LogP contribution in [0.5, 0.6) is 0 Å². The van der Waals surface area contributed by atoms with Gasteiger partial charge in [0.2, 0.25) is 0 Å². The lowest BCUT2D eigenvalue weighted by atomic mass is 10.1. The zero-order valence-corrected chi connectivity index (χ0v) is 9.78. The first-order chi connectivity index (χ1) is 8.83. The summed E-state index contributed by atoms with van der Waals surface area (Å²) in [5.41, 5.74) is 3.49. The highest BCUT2D eigenvalue weighted by atomic mass is 16.5. The summed E-state index contributed by atoms with van der Waals surface area (Å²) >= 11 is 0. The van der Waals surface area contributed by atoms with Gasteiger partial charge in [0.1, 0.15) is 5.71 Å². The van der Waals surface area contributed by atoms with E-state index in [-0.39, 0.29) is 6.54 Å². The van der Waals surface area contributed by atoms with Gasteiger partial charge in [-0.25, -0.2) is 9.73 Å². The molecule has 1 aliphatic rings. The topological polar surface area (TPSA) is 38.4 Å². The van der Waals surface area contributed by atoms with Crippen LogP contribution >= 0.6 is 0 Å². The van der Waals surface area contributed by atoms with Crippen molar-refractivity contribution in [1.29, 1.82) is 0 Å². The number of hydroxylamine groups is 1. The van der Waals surface area contributed by atoms with E-state index in [1.807, 2.05) is 54.6 Å². The number of para-hydroxylation sites is 1. The Bertz CT molecular complexity index is 630. The molecule has 0 aliphatic carbocycles. The molecule has 1 aliphatic heterocycles. The molecular weight excluding hydrogens is 224 g/mol. The third kappa shape index (κ3) is 2.02. The number of fused-ring (bicyclic) bond motifs is 1. The van der Waals surface area contributed by atoms with Gasteiger partial charge < -0.3 is 5.21 Å². The Morgan fingerprint density at radius 3 is 2.50 bits per heavy atom. The zero-order valence-electron chi connectivity index (χ0n) is 9.78. The molecule has 2 aromatic carbocycles. The zero-order chi connectivity index (χ0) is 12.4. The van der Waals surface area contributed by atoms with Crippen LogP contribution in [-0.2, 0) is 0 Å². The van der Waals surface area contributed by atoms with Gasteiger partial charge in [-0.1, -0.05) is 42.5 Å². The van der Waals surface area contributed by atoms with Crippen LogP contribution in [0, 0.1) is 5.21 Å². The molecule has 18 heavy (non-hydrogen) atoms. The standard InChI is InChI=1S/C15H12N2O/c18-17-10-13-8-4-5-9-14(13)16-15(11-17)12-6-2-1-3-7-12/h1-10H,11H2. The smallest absolute Gasteiger partial charge is 0.196 e. The largest absolute Gasteiger partial charge is 0.623 e. The molecule has 0 saturated heterocycles. The maximum atomic E-state index is 11.8. The molecule has 3 heteroatoms. The average Bonchev–Trinajstić information content (AvgIpc) is 2.57. The lowest BCUT2D eigenvalue weighted by Crippen LogP contribution is -2.16. The lowest BCUT2D eigenvalue weighted by Gasteiger charge is -2.04. The van der Waals surface area contributed by atoms with E-state index >= 15 is 0 Å². The second-order valence-corrected chi connectivity index (χ2v) is 4.19. The molecule has 0 unspecified atom stereocenters. The van der Waals surface area contributed by atoms with E-state index in [1.165, 1.54) is 0 Å². The van der Waals surface area contributed by atoms with E-state index in [1.54, 1.807) is 6.21 Å². The van der Waals surface area contributed by atoms with Gasteiger partial charge in [0, 0.05) is 5.56 Å². The summed E-state index contributed by atoms with van der Waals surface area (Å²) in [6.07, 6.45) is 1.59. The van der Waals surface area contributed by atoms with Crippen molar-refractivity contribution in [2.45, 2.75) is 0 Å². The fraction of sp³-hybridized carbons (Fsp3) is 0.0667. The first-order valence-corrected chi connectivity index (χ1v) is 5.83. The third-order valence-corrected chi connectivity index (χ3v) is 2.89. The second-order valence-electron chi connectivity index (χ2n) is 4.19. The summed E-state index contributed by atoms with van der Waals surface area (Å²) in [6.45, 7) is 0.276. The normalized spacial score (nSPS) is 14.2. The highest BCUT2D eigenvalue weighted by Gasteiger charge is 2.14. The van der Waals surface area contributed by atoms with Crippen LogP contribution in [0.1, 0.15) is 11.1 Å². The molecule has 1 heterocycles. The molecule has 0 bridgehead atoms. The fourth-order valence-corrected chi connectivity index (χ4v) is 2.01. The third-order valence-electron chi connectivity index (χ3n) is 2.89. The van der Waals surface area contributed by atoms with Crippen molar-refractivity contribution < 1.29 is 4.74 Å². The Morgan fingerprint density at radius 1 is 0.944 bits per heavy atom. The summed E-state index contributed by atoms with van der Waals surface area (Å²) in [6, 6.07) is 17.5. The lowest BCUT2D eigenvalue weighted by molar-refractivity contribution is -0.434. The monoisotopic (exact) mass is 236 g/mol. The molecule has 0 amide bonds. The Labute approximate surface area is 105 Å². The summed E-state index contributed by atoms with van der Waals surface area (Å²) in [5, 5.41) is 11.8. The fourth-order valence-electron chi connectivity index (χ4n) is 2.01. The van der Waals surface area contributed by atoms with E-state index < -0.39 is 0 Å². The summed E-state index contributed by atoms with van der Waals surface area (Å²) in [4.78, 5) is 4.60. The van der Waals surface area contributed by atoms with Gasteiger partial charge in [0.25, 0.3) is 0 Å². The Hall–Kier alpha value is -2.42. The Kier molecular flexibility index (Phi) is 2.65. The van der Waals surface area contributed by atoms with Crippen LogP contribution in [-0.4, -0.2) is 23.2 Å². The van der Waals surface area contributed by atoms with Crippen molar-refractivity contribution in [2.24, 2.45) is 4.99 Å². The van der Waals surface area contributed by atoms with Crippen molar-refractivity contribution in [3.63, 3.8) is 0 Å². The van der Waals surface area contributed by atoms with E-state index in [0.29, 0.717) is 0 Å². The second kappa shape index (κ2) is 4.45. The molecule has 3 rings (SSSR count). The van der Waals surface area contributed by atoms with Gasteiger partial charge in [-0.2, -0.15) is 0 Å². The number of hydrogen-bond acceptors (Lipinski definition) is 2. The maximum absolute atomic E-state index is 11.8. The Balaban J connectivity index is 2.14. The van der Waals surface area contributed by atoms with Crippen LogP contribution in [0.25, 0.3) is 0 Å². The molecule has 0 radical (unpaired) electrons. The van der Waals surface area contributed by atoms with Gasteiger partial charge in [0.05, 0.1) is 11.3 Å². The predicted molar refractivity (Wildman–Crippen MR) is 72.7 cm³/mol. The maximum Gasteiger partial charge on any atom is 0.196 e. The molecule has 0 saturated carbocycles. The van der Waals surface area contributed by atoms with E-state index in [9.17, 15) is 5.21 Å². The average molecular weight is 236 g/mol. The highest BCUT2D eigenvalue weighted by molar-refractivity contribution is 6.05. The molecule has 0 fully saturated rings. The minimum Gasteiger partial charge on any atom is -0.623 e. The summed E-state index contributed by atoms with van der Waals surface area (Å²) in [7, 11) is 0. The van der Waals surface area contributed by atoms with Gasteiger partial charge in [-0.05, 0) is 12.1 Å². The van der Waals surface area contributed by atoms with Crippen LogP contribution in [0.3, 0.4) is 0 Å². The van der Waals surface area contributed by atoms with Crippen molar-refractivity contribution in [2.75, 3.05) is 6.54 Å². The minimum absolute atomic E-state index is 0.276. The number of nitrogens with zero attached hydrogens (tertiary/aromatic N) is 2. The first kappa shape index (κ1) is 10.7. The number of aliphatic imine (C=N–C) groups is 1. The van der Waals surface area contributed by atoms with E-state index in [4.69, 9.17) is 0 Å². The summed E-state index contributed by atoms with van der Waals surface area (Å²) in [5.74, 6) is 0. The Morgan fingerprint density at radius 2 is 1.67 bits per heavy atom. The van der Waals surface area contributed by atoms with Crippen LogP contribution in [0.2, 0.25) is 0 Å². The molecule has 0 N–H and O–H groups in total. The van der Waals surface area contributed by atoms with Crippen molar-refractivity contribution in [3.05, 3.63) is 70.9 Å². The highest BCUT2D eigenvalue weighted by Crippen LogP contribution is 2.20. The van der Waals surface area contributed by atoms with Gasteiger partial charge in [-0.3, -0.25) is 0 Å². The molecule has 0 aromatic heterocycles. The molecule has 3 nitrogen and oxygen atoms in total. The SMILES string of the molecule is [O-][N+]1=Cc2ccccc2N=C(c2ccccc2)C1. The van der Waals surface area contributed by atoms with Gasteiger partial charge in [0.15, 0.2) is 12.8 Å².